The van der Waals surface area contributed by atoms with Crippen molar-refractivity contribution in [1.82, 2.24) is 0 Å². The van der Waals surface area contributed by atoms with Gasteiger partial charge in [-0.2, -0.15) is 0 Å². The minimum absolute atomic E-state index is 0.739. The topological polar surface area (TPSA) is 26.3 Å². The van der Waals surface area contributed by atoms with Crippen LogP contribution >= 0.6 is 15.9 Å². The van der Waals surface area contributed by atoms with E-state index in [1.165, 1.54) is 5.56 Å². The fraction of sp³-hybridized carbons (Fsp3) is 0.364. The number of carbonyl (C=O) groups excluding carboxylic acids is 1. The molecule has 0 bridgehead atoms. The molecule has 0 fully saturated rings. The Morgan fingerprint density at radius 3 is 2.14 bits per heavy atom. The average Bonchev–Trinajstić information content (AvgIpc) is 2.21. The molecule has 78 valence electrons. The summed E-state index contributed by atoms with van der Waals surface area (Å²) < 4.78 is 4.25. The first-order valence-corrected chi connectivity index (χ1v) is 5.40. The maximum Gasteiger partial charge on any atom is 0.150 e. The molecule has 0 aliphatic heterocycles. The van der Waals surface area contributed by atoms with E-state index in [0.717, 1.165) is 23.6 Å². The number of aldehydes is 1. The lowest BCUT2D eigenvalue weighted by Crippen LogP contribution is -1.86. The Kier molecular flexibility index (Phi) is 8.48. The van der Waals surface area contributed by atoms with Crippen LogP contribution in [-0.4, -0.2) is 25.8 Å². The lowest BCUT2D eigenvalue weighted by Gasteiger charge is -1.96. The van der Waals surface area contributed by atoms with Gasteiger partial charge in [-0.05, 0) is 12.0 Å². The Labute approximate surface area is 93.4 Å². The Morgan fingerprint density at radius 1 is 1.29 bits per heavy atom. The number of halogens is 1. The summed E-state index contributed by atoms with van der Waals surface area (Å²) in [5.74, 6) is 0. The highest BCUT2D eigenvalue weighted by molar-refractivity contribution is 9.09. The molecular formula is C11H15BrO2. The second-order valence-electron chi connectivity index (χ2n) is 2.71. The van der Waals surface area contributed by atoms with Crippen LogP contribution in [0.4, 0.5) is 0 Å². The van der Waals surface area contributed by atoms with Gasteiger partial charge in [0.2, 0.25) is 0 Å². The van der Waals surface area contributed by atoms with Crippen LogP contribution in [-0.2, 0) is 11.2 Å². The molecule has 3 heteroatoms. The van der Waals surface area contributed by atoms with Crippen molar-refractivity contribution in [2.45, 2.75) is 6.42 Å². The lowest BCUT2D eigenvalue weighted by atomic mass is 10.1. The van der Waals surface area contributed by atoms with Crippen molar-refractivity contribution in [3.05, 3.63) is 35.4 Å². The summed E-state index contributed by atoms with van der Waals surface area (Å²) in [5.41, 5.74) is 2.00. The molecule has 2 nitrogen and oxygen atoms in total. The van der Waals surface area contributed by atoms with Gasteiger partial charge in [0.1, 0.15) is 6.29 Å². The van der Waals surface area contributed by atoms with Crippen LogP contribution in [0, 0.1) is 0 Å². The highest BCUT2D eigenvalue weighted by Crippen LogP contribution is 2.04. The third kappa shape index (κ3) is 5.89. The summed E-state index contributed by atoms with van der Waals surface area (Å²) in [6.45, 7) is 0. The predicted molar refractivity (Wildman–Crippen MR) is 62.3 cm³/mol. The molecule has 0 spiro atoms. The van der Waals surface area contributed by atoms with Crippen LogP contribution in [0.5, 0.6) is 0 Å². The molecule has 0 aliphatic carbocycles. The number of benzene rings is 1. The maximum atomic E-state index is 10.3. The normalized spacial score (nSPS) is 8.79. The molecule has 0 aliphatic rings. The van der Waals surface area contributed by atoms with E-state index in [1.54, 1.807) is 14.2 Å². The van der Waals surface area contributed by atoms with Gasteiger partial charge in [0.15, 0.2) is 0 Å². The first-order chi connectivity index (χ1) is 6.78. The van der Waals surface area contributed by atoms with Gasteiger partial charge in [-0.3, -0.25) is 4.79 Å². The van der Waals surface area contributed by atoms with E-state index in [4.69, 9.17) is 0 Å². The standard InChI is InChI=1S/C9H9BrO.C2H6O/c10-6-5-8-1-3-9(7-11)4-2-8;1-3-2/h1-4,7H,5-6H2;1-2H3. The van der Waals surface area contributed by atoms with Crippen molar-refractivity contribution in [2.24, 2.45) is 0 Å². The molecule has 0 saturated heterocycles. The fourth-order valence-corrected chi connectivity index (χ4v) is 1.33. The number of carbonyl (C=O) groups is 1. The van der Waals surface area contributed by atoms with E-state index in [2.05, 4.69) is 20.7 Å². The Balaban J connectivity index is 0.000000500. The molecule has 0 unspecified atom stereocenters. The molecule has 1 rings (SSSR count). The first-order valence-electron chi connectivity index (χ1n) is 4.28. The number of hydrogen-bond acceptors (Lipinski definition) is 2. The molecular weight excluding hydrogens is 244 g/mol. The summed E-state index contributed by atoms with van der Waals surface area (Å²) in [5, 5.41) is 0.966. The summed E-state index contributed by atoms with van der Waals surface area (Å²) in [7, 11) is 3.25. The largest absolute Gasteiger partial charge is 0.388 e. The lowest BCUT2D eigenvalue weighted by molar-refractivity contribution is 0.112. The Bertz CT molecular complexity index is 244. The molecule has 1 aromatic carbocycles. The van der Waals surface area contributed by atoms with Crippen LogP contribution < -0.4 is 0 Å². The highest BCUT2D eigenvalue weighted by atomic mass is 79.9. The molecule has 1 aromatic rings. The molecule has 0 radical (unpaired) electrons. The van der Waals surface area contributed by atoms with Crippen LogP contribution in [0.15, 0.2) is 24.3 Å². The van der Waals surface area contributed by atoms with Gasteiger partial charge in [-0.25, -0.2) is 0 Å². The van der Waals surface area contributed by atoms with Crippen molar-refractivity contribution >= 4 is 22.2 Å². The summed E-state index contributed by atoms with van der Waals surface area (Å²) in [6.07, 6.45) is 1.87. The Morgan fingerprint density at radius 2 is 1.79 bits per heavy atom. The van der Waals surface area contributed by atoms with Gasteiger partial charge in [-0.15, -0.1) is 0 Å². The van der Waals surface area contributed by atoms with Crippen molar-refractivity contribution < 1.29 is 9.53 Å². The van der Waals surface area contributed by atoms with Gasteiger partial charge in [-0.1, -0.05) is 40.2 Å². The molecule has 14 heavy (non-hydrogen) atoms. The van der Waals surface area contributed by atoms with Crippen molar-refractivity contribution in [2.75, 3.05) is 19.5 Å². The number of hydrogen-bond donors (Lipinski definition) is 0. The third-order valence-electron chi connectivity index (χ3n) is 1.50. The number of methoxy groups -OCH3 is 1. The summed E-state index contributed by atoms with van der Waals surface area (Å²) in [4.78, 5) is 10.3. The first kappa shape index (κ1) is 13.3. The van der Waals surface area contributed by atoms with Crippen LogP contribution in [0.2, 0.25) is 0 Å². The van der Waals surface area contributed by atoms with Gasteiger partial charge in [0.05, 0.1) is 0 Å². The van der Waals surface area contributed by atoms with E-state index in [9.17, 15) is 4.79 Å². The maximum absolute atomic E-state index is 10.3. The van der Waals surface area contributed by atoms with Gasteiger partial charge in [0.25, 0.3) is 0 Å². The van der Waals surface area contributed by atoms with E-state index >= 15 is 0 Å². The summed E-state index contributed by atoms with van der Waals surface area (Å²) in [6, 6.07) is 7.63. The molecule has 0 atom stereocenters. The highest BCUT2D eigenvalue weighted by Gasteiger charge is 1.91. The fourth-order valence-electron chi connectivity index (χ4n) is 0.872. The van der Waals surface area contributed by atoms with Crippen LogP contribution in [0.3, 0.4) is 0 Å². The quantitative estimate of drug-likeness (QED) is 0.616. The van der Waals surface area contributed by atoms with E-state index in [0.29, 0.717) is 0 Å². The van der Waals surface area contributed by atoms with E-state index < -0.39 is 0 Å². The number of ether oxygens (including phenoxy) is 1. The number of rotatable bonds is 3. The van der Waals surface area contributed by atoms with Crippen molar-refractivity contribution in [3.8, 4) is 0 Å². The zero-order chi connectivity index (χ0) is 10.8. The zero-order valence-electron chi connectivity index (χ0n) is 8.50. The Hall–Kier alpha value is -0.670. The molecule has 0 amide bonds. The number of alkyl halides is 1. The second-order valence-corrected chi connectivity index (χ2v) is 3.50. The second kappa shape index (κ2) is 8.91. The third-order valence-corrected chi connectivity index (χ3v) is 1.90. The monoisotopic (exact) mass is 258 g/mol. The minimum atomic E-state index is 0.739. The van der Waals surface area contributed by atoms with Crippen molar-refractivity contribution in [1.29, 1.82) is 0 Å². The smallest absolute Gasteiger partial charge is 0.150 e. The molecule has 0 aromatic heterocycles. The van der Waals surface area contributed by atoms with Gasteiger partial charge < -0.3 is 4.74 Å². The SMILES string of the molecule is COC.O=Cc1ccc(CCBr)cc1. The zero-order valence-corrected chi connectivity index (χ0v) is 10.1. The van der Waals surface area contributed by atoms with Crippen LogP contribution in [0.1, 0.15) is 15.9 Å². The van der Waals surface area contributed by atoms with Crippen LogP contribution in [0.25, 0.3) is 0 Å². The summed E-state index contributed by atoms with van der Waals surface area (Å²) >= 11 is 3.35. The number of aryl methyl sites for hydroxylation is 1. The van der Waals surface area contributed by atoms with E-state index in [-0.39, 0.29) is 0 Å². The van der Waals surface area contributed by atoms with Crippen molar-refractivity contribution in [3.63, 3.8) is 0 Å². The predicted octanol–water partition coefficient (Wildman–Crippen LogP) is 2.70. The molecule has 0 saturated carbocycles. The van der Waals surface area contributed by atoms with E-state index in [1.807, 2.05) is 24.3 Å². The molecule has 0 heterocycles. The molecule has 0 N–H and O–H groups in total. The average molecular weight is 259 g/mol. The minimum Gasteiger partial charge on any atom is -0.388 e. The van der Waals surface area contributed by atoms with Gasteiger partial charge in [0, 0.05) is 25.1 Å². The van der Waals surface area contributed by atoms with Gasteiger partial charge >= 0.3 is 0 Å².